The van der Waals surface area contributed by atoms with E-state index in [-0.39, 0.29) is 0 Å². The molecule has 0 saturated heterocycles. The molecular formula is C6O12P2. The molecule has 0 spiro atoms. The standard InChI is InChI=1S/C6O12P2/c7-1-2(8)14-19(13-1)17-5(11)6(12)18-20-15-3(9)4(10)16-20. The van der Waals surface area contributed by atoms with Crippen molar-refractivity contribution in [1.82, 2.24) is 0 Å². The molecule has 2 aromatic heterocycles. The van der Waals surface area contributed by atoms with E-state index < -0.39 is 50.9 Å². The highest BCUT2D eigenvalue weighted by Gasteiger charge is 2.26. The highest BCUT2D eigenvalue weighted by molar-refractivity contribution is 7.33. The van der Waals surface area contributed by atoms with Gasteiger partial charge in [0.15, 0.2) is 0 Å². The lowest BCUT2D eigenvalue weighted by Gasteiger charge is -1.95. The molecule has 12 nitrogen and oxygen atoms in total. The van der Waals surface area contributed by atoms with Gasteiger partial charge in [-0.1, -0.05) is 0 Å². The third-order valence-corrected chi connectivity index (χ3v) is 3.33. The summed E-state index contributed by atoms with van der Waals surface area (Å²) in [5.41, 5.74) is -5.55. The number of hydrogen-bond donors (Lipinski definition) is 0. The van der Waals surface area contributed by atoms with Gasteiger partial charge in [-0.15, -0.1) is 0 Å². The molecule has 0 atom stereocenters. The van der Waals surface area contributed by atoms with E-state index in [2.05, 4.69) is 25.8 Å². The maximum Gasteiger partial charge on any atom is 0.461 e. The molecule has 0 amide bonds. The van der Waals surface area contributed by atoms with Crippen LogP contribution in [0.5, 0.6) is 0 Å². The zero-order chi connectivity index (χ0) is 14.9. The van der Waals surface area contributed by atoms with E-state index in [1.807, 2.05) is 0 Å². The third kappa shape index (κ3) is 2.87. The molecule has 0 N–H and O–H groups in total. The maximum absolute atomic E-state index is 11.1. The van der Waals surface area contributed by atoms with Crippen molar-refractivity contribution in [2.45, 2.75) is 0 Å². The quantitative estimate of drug-likeness (QED) is 0.560. The minimum Gasteiger partial charge on any atom is -0.346 e. The first-order valence-corrected chi connectivity index (χ1v) is 6.49. The van der Waals surface area contributed by atoms with Crippen molar-refractivity contribution in [2.24, 2.45) is 0 Å². The van der Waals surface area contributed by atoms with Crippen LogP contribution in [0.3, 0.4) is 0 Å². The Morgan fingerprint density at radius 3 is 1.15 bits per heavy atom. The van der Waals surface area contributed by atoms with E-state index in [9.17, 15) is 28.8 Å². The van der Waals surface area contributed by atoms with Gasteiger partial charge in [0, 0.05) is 0 Å². The summed E-state index contributed by atoms with van der Waals surface area (Å²) in [6.45, 7) is 0. The average Bonchev–Trinajstić information content (AvgIpc) is 2.83. The number of hydrogen-bond acceptors (Lipinski definition) is 12. The fourth-order valence-electron chi connectivity index (χ4n) is 0.742. The Balaban J connectivity index is 2.07. The van der Waals surface area contributed by atoms with Gasteiger partial charge in [0.25, 0.3) is 0 Å². The minimum absolute atomic E-state index is 1.39. The molecule has 0 aliphatic carbocycles. The van der Waals surface area contributed by atoms with E-state index >= 15 is 0 Å². The molecule has 0 radical (unpaired) electrons. The molecule has 106 valence electrons. The fourth-order valence-corrected chi connectivity index (χ4v) is 2.22. The van der Waals surface area contributed by atoms with E-state index in [0.29, 0.717) is 0 Å². The smallest absolute Gasteiger partial charge is 0.346 e. The second-order valence-electron chi connectivity index (χ2n) is 2.72. The normalized spacial score (nSPS) is 10.2. The lowest BCUT2D eigenvalue weighted by Crippen LogP contribution is -2.23. The molecule has 0 fully saturated rings. The van der Waals surface area contributed by atoms with Crippen molar-refractivity contribution >= 4 is 28.4 Å². The van der Waals surface area contributed by atoms with Crippen molar-refractivity contribution in [1.29, 1.82) is 0 Å². The molecule has 0 aliphatic heterocycles. The van der Waals surface area contributed by atoms with Crippen LogP contribution in [0.25, 0.3) is 0 Å². The Labute approximate surface area is 106 Å². The second kappa shape index (κ2) is 5.19. The van der Waals surface area contributed by atoms with Crippen LogP contribution >= 0.6 is 16.5 Å². The summed E-state index contributed by atoms with van der Waals surface area (Å²) < 4.78 is 24.9. The topological polar surface area (TPSA) is 173 Å². The predicted molar refractivity (Wildman–Crippen MR) is 55.6 cm³/mol. The number of carbonyl (C=O) groups is 2. The lowest BCUT2D eigenvalue weighted by molar-refractivity contribution is -0.152. The van der Waals surface area contributed by atoms with Crippen LogP contribution < -0.4 is 31.5 Å². The predicted octanol–water partition coefficient (Wildman–Crippen LogP) is -1.92. The summed E-state index contributed by atoms with van der Waals surface area (Å²) in [4.78, 5) is 64.6. The Morgan fingerprint density at radius 2 is 0.900 bits per heavy atom. The van der Waals surface area contributed by atoms with Crippen LogP contribution in [0.15, 0.2) is 36.0 Å². The molecule has 2 heterocycles. The molecule has 14 heteroatoms. The van der Waals surface area contributed by atoms with E-state index in [1.54, 1.807) is 0 Å². The number of rotatable bonds is 2. The third-order valence-electron chi connectivity index (χ3n) is 1.44. The molecule has 0 unspecified atom stereocenters. The van der Waals surface area contributed by atoms with E-state index in [0.717, 1.165) is 0 Å². The highest BCUT2D eigenvalue weighted by atomic mass is 31.1. The Hall–Kier alpha value is -2.58. The van der Waals surface area contributed by atoms with Crippen molar-refractivity contribution in [2.75, 3.05) is 0 Å². The van der Waals surface area contributed by atoms with Gasteiger partial charge in [-0.2, -0.15) is 0 Å². The van der Waals surface area contributed by atoms with Crippen molar-refractivity contribution in [3.8, 4) is 0 Å². The fraction of sp³-hybridized carbons (Fsp3) is 0. The first-order chi connectivity index (χ1) is 9.36. The Kier molecular flexibility index (Phi) is 3.59. The van der Waals surface area contributed by atoms with Crippen LogP contribution in [-0.2, 0) is 9.59 Å². The molecule has 0 bridgehead atoms. The van der Waals surface area contributed by atoms with Crippen molar-refractivity contribution in [3.63, 3.8) is 0 Å². The summed E-state index contributed by atoms with van der Waals surface area (Å²) in [7, 11) is -5.38. The summed E-state index contributed by atoms with van der Waals surface area (Å²) in [5.74, 6) is -3.42. The lowest BCUT2D eigenvalue weighted by atomic mass is 10.7. The van der Waals surface area contributed by atoms with Crippen LogP contribution in [0.4, 0.5) is 0 Å². The summed E-state index contributed by atoms with van der Waals surface area (Å²) >= 11 is 0. The van der Waals surface area contributed by atoms with Crippen molar-refractivity contribution < 1.29 is 35.4 Å². The second-order valence-corrected chi connectivity index (χ2v) is 4.71. The largest absolute Gasteiger partial charge is 0.461 e. The maximum atomic E-state index is 11.1. The van der Waals surface area contributed by atoms with Crippen LogP contribution in [0, 0.1) is 0 Å². The van der Waals surface area contributed by atoms with Gasteiger partial charge in [0.1, 0.15) is 0 Å². The zero-order valence-corrected chi connectivity index (χ0v) is 10.6. The first kappa shape index (κ1) is 13.8. The number of carbonyl (C=O) groups excluding carboxylic acids is 2. The Bertz CT molecular complexity index is 749. The minimum atomic E-state index is -2.69. The Morgan fingerprint density at radius 1 is 0.650 bits per heavy atom. The molecule has 2 rings (SSSR count). The van der Waals surface area contributed by atoms with E-state index in [1.165, 1.54) is 0 Å². The monoisotopic (exact) mass is 326 g/mol. The molecule has 20 heavy (non-hydrogen) atoms. The average molecular weight is 326 g/mol. The van der Waals surface area contributed by atoms with Crippen LogP contribution in [0.1, 0.15) is 0 Å². The van der Waals surface area contributed by atoms with Gasteiger partial charge < -0.3 is 25.8 Å². The van der Waals surface area contributed by atoms with Gasteiger partial charge in [-0.3, -0.25) is 0 Å². The molecule has 2 aromatic rings. The molecule has 0 saturated carbocycles. The van der Waals surface area contributed by atoms with Crippen molar-refractivity contribution in [3.05, 3.63) is 41.7 Å². The summed E-state index contributed by atoms with van der Waals surface area (Å²) in [6.07, 6.45) is 0. The summed E-state index contributed by atoms with van der Waals surface area (Å²) in [6, 6.07) is 0. The summed E-state index contributed by atoms with van der Waals surface area (Å²) in [5, 5.41) is 0. The molecule has 0 aliphatic rings. The highest BCUT2D eigenvalue weighted by Crippen LogP contribution is 2.21. The van der Waals surface area contributed by atoms with Gasteiger partial charge in [-0.05, 0) is 0 Å². The first-order valence-electron chi connectivity index (χ1n) is 4.29. The van der Waals surface area contributed by atoms with Gasteiger partial charge in [0.2, 0.25) is 0 Å². The van der Waals surface area contributed by atoms with E-state index in [4.69, 9.17) is 0 Å². The van der Waals surface area contributed by atoms with Crippen LogP contribution in [0.2, 0.25) is 0 Å². The molecular weight excluding hydrogens is 326 g/mol. The van der Waals surface area contributed by atoms with Gasteiger partial charge >= 0.3 is 50.9 Å². The van der Waals surface area contributed by atoms with Gasteiger partial charge in [0.05, 0.1) is 0 Å². The zero-order valence-electron chi connectivity index (χ0n) is 8.79. The SMILES string of the molecule is O=C(Op1oc(=O)c(=O)o1)C(=O)Op1oc(=O)c(=O)o1. The van der Waals surface area contributed by atoms with Crippen LogP contribution in [-0.4, -0.2) is 11.9 Å². The van der Waals surface area contributed by atoms with Gasteiger partial charge in [-0.25, -0.2) is 28.8 Å². The molecule has 0 aromatic carbocycles.